The van der Waals surface area contributed by atoms with E-state index < -0.39 is 34.9 Å². The number of hydrogen-bond acceptors (Lipinski definition) is 3. The number of halogens is 2. The second-order valence-corrected chi connectivity index (χ2v) is 4.28. The number of anilines is 1. The summed E-state index contributed by atoms with van der Waals surface area (Å²) in [5.41, 5.74) is -1.14. The highest BCUT2D eigenvalue weighted by atomic mass is 19.1. The van der Waals surface area contributed by atoms with Crippen LogP contribution in [0.3, 0.4) is 0 Å². The molecule has 0 saturated carbocycles. The van der Waals surface area contributed by atoms with Crippen molar-refractivity contribution in [1.29, 1.82) is 0 Å². The molecule has 21 heavy (non-hydrogen) atoms. The number of carbonyl (C=O) groups excluding carboxylic acids is 1. The zero-order valence-electron chi connectivity index (χ0n) is 11.6. The summed E-state index contributed by atoms with van der Waals surface area (Å²) in [6, 6.07) is 0.119. The Hall–Kier alpha value is -2.22. The first-order valence-electron chi connectivity index (χ1n) is 6.17. The number of carboxylic acid groups (broad SMARTS) is 1. The number of urea groups is 1. The molecule has 0 aliphatic heterocycles. The third kappa shape index (κ3) is 4.67. The maximum Gasteiger partial charge on any atom is 0.338 e. The number of amides is 2. The molecule has 0 aromatic heterocycles. The predicted octanol–water partition coefficient (Wildman–Crippen LogP) is 2.21. The Kier molecular flexibility index (Phi) is 6.04. The Morgan fingerprint density at radius 3 is 2.52 bits per heavy atom. The zero-order valence-corrected chi connectivity index (χ0v) is 11.6. The van der Waals surface area contributed by atoms with E-state index in [1.807, 2.05) is 6.92 Å². The third-order valence-corrected chi connectivity index (χ3v) is 2.73. The van der Waals surface area contributed by atoms with Crippen LogP contribution in [-0.2, 0) is 4.74 Å². The number of nitrogens with one attached hydrogen (secondary N) is 2. The van der Waals surface area contributed by atoms with Gasteiger partial charge in [-0.3, -0.25) is 0 Å². The minimum atomic E-state index is -1.55. The number of carbonyl (C=O) groups is 2. The molecule has 3 N–H and O–H groups in total. The smallest absolute Gasteiger partial charge is 0.338 e. The largest absolute Gasteiger partial charge is 0.478 e. The lowest BCUT2D eigenvalue weighted by Crippen LogP contribution is -2.40. The number of methoxy groups -OCH3 is 1. The number of aromatic carboxylic acids is 1. The molecule has 2 amide bonds. The van der Waals surface area contributed by atoms with Gasteiger partial charge in [-0.05, 0) is 12.5 Å². The van der Waals surface area contributed by atoms with Gasteiger partial charge in [0.15, 0.2) is 0 Å². The number of rotatable bonds is 6. The molecule has 1 unspecified atom stereocenters. The summed E-state index contributed by atoms with van der Waals surface area (Å²) in [4.78, 5) is 22.5. The van der Waals surface area contributed by atoms with Crippen LogP contribution in [0.25, 0.3) is 0 Å². The van der Waals surface area contributed by atoms with Gasteiger partial charge in [-0.1, -0.05) is 6.92 Å². The van der Waals surface area contributed by atoms with Crippen LogP contribution in [0.4, 0.5) is 19.3 Å². The number of ether oxygens (including phenoxy) is 1. The molecule has 0 aliphatic carbocycles. The van der Waals surface area contributed by atoms with Crippen molar-refractivity contribution >= 4 is 17.7 Å². The topological polar surface area (TPSA) is 87.7 Å². The Morgan fingerprint density at radius 1 is 1.33 bits per heavy atom. The predicted molar refractivity (Wildman–Crippen MR) is 71.4 cm³/mol. The lowest BCUT2D eigenvalue weighted by Gasteiger charge is -2.16. The molecule has 0 aliphatic rings. The molecule has 1 rings (SSSR count). The van der Waals surface area contributed by atoms with E-state index in [1.165, 1.54) is 7.11 Å². The molecule has 1 atom stereocenters. The van der Waals surface area contributed by atoms with Crippen molar-refractivity contribution in [2.45, 2.75) is 19.4 Å². The normalized spacial score (nSPS) is 11.8. The van der Waals surface area contributed by atoms with E-state index in [-0.39, 0.29) is 12.6 Å². The van der Waals surface area contributed by atoms with Crippen LogP contribution < -0.4 is 10.6 Å². The van der Waals surface area contributed by atoms with Gasteiger partial charge in [-0.15, -0.1) is 0 Å². The average Bonchev–Trinajstić information content (AvgIpc) is 2.40. The van der Waals surface area contributed by atoms with Crippen LogP contribution in [0.15, 0.2) is 12.1 Å². The van der Waals surface area contributed by atoms with Crippen LogP contribution in [0, 0.1) is 11.6 Å². The van der Waals surface area contributed by atoms with Crippen LogP contribution in [-0.4, -0.2) is 36.9 Å². The van der Waals surface area contributed by atoms with E-state index in [1.54, 1.807) is 0 Å². The van der Waals surface area contributed by atoms with Crippen LogP contribution >= 0.6 is 0 Å². The number of benzene rings is 1. The highest BCUT2D eigenvalue weighted by Gasteiger charge is 2.17. The lowest BCUT2D eigenvalue weighted by molar-refractivity contribution is 0.0692. The maximum absolute atomic E-state index is 13.5. The van der Waals surface area contributed by atoms with Gasteiger partial charge in [0.1, 0.15) is 11.6 Å². The van der Waals surface area contributed by atoms with Crippen LogP contribution in [0.5, 0.6) is 0 Å². The fraction of sp³-hybridized carbons (Fsp3) is 0.385. The fourth-order valence-corrected chi connectivity index (χ4v) is 1.62. The summed E-state index contributed by atoms with van der Waals surface area (Å²) in [7, 11) is 1.47. The highest BCUT2D eigenvalue weighted by molar-refractivity contribution is 5.93. The first kappa shape index (κ1) is 16.8. The highest BCUT2D eigenvalue weighted by Crippen LogP contribution is 2.19. The molecule has 0 saturated heterocycles. The Balaban J connectivity index is 2.85. The summed E-state index contributed by atoms with van der Waals surface area (Å²) in [6.45, 7) is 2.10. The molecule has 0 fully saturated rings. The molecule has 0 spiro atoms. The lowest BCUT2D eigenvalue weighted by atomic mass is 10.2. The molecule has 8 heteroatoms. The number of carboxylic acids is 1. The molecule has 1 aromatic carbocycles. The van der Waals surface area contributed by atoms with E-state index in [2.05, 4.69) is 10.6 Å². The summed E-state index contributed by atoms with van der Waals surface area (Å²) < 4.78 is 31.6. The van der Waals surface area contributed by atoms with Gasteiger partial charge in [0.05, 0.1) is 23.9 Å². The van der Waals surface area contributed by atoms with Crippen LogP contribution in [0.1, 0.15) is 23.7 Å². The first-order valence-corrected chi connectivity index (χ1v) is 6.17. The van der Waals surface area contributed by atoms with E-state index in [9.17, 15) is 18.4 Å². The monoisotopic (exact) mass is 302 g/mol. The van der Waals surface area contributed by atoms with Crippen molar-refractivity contribution in [2.75, 3.05) is 19.0 Å². The van der Waals surface area contributed by atoms with Gasteiger partial charge in [0.2, 0.25) is 0 Å². The Bertz CT molecular complexity index is 537. The summed E-state index contributed by atoms with van der Waals surface area (Å²) in [6.07, 6.45) is 0.591. The van der Waals surface area contributed by atoms with Gasteiger partial charge in [0, 0.05) is 13.2 Å². The molecule has 0 bridgehead atoms. The van der Waals surface area contributed by atoms with Gasteiger partial charge in [-0.25, -0.2) is 18.4 Å². The number of hydrogen-bond donors (Lipinski definition) is 3. The van der Waals surface area contributed by atoms with Crippen molar-refractivity contribution in [3.05, 3.63) is 29.3 Å². The van der Waals surface area contributed by atoms with E-state index in [4.69, 9.17) is 9.84 Å². The molecule has 1 aromatic rings. The summed E-state index contributed by atoms with van der Waals surface area (Å²) in [5.74, 6) is -3.83. The Morgan fingerprint density at radius 2 is 2.00 bits per heavy atom. The fourth-order valence-electron chi connectivity index (χ4n) is 1.62. The average molecular weight is 302 g/mol. The third-order valence-electron chi connectivity index (χ3n) is 2.73. The van der Waals surface area contributed by atoms with Crippen molar-refractivity contribution in [3.8, 4) is 0 Å². The Labute approximate surface area is 120 Å². The van der Waals surface area contributed by atoms with Crippen LogP contribution in [0.2, 0.25) is 0 Å². The van der Waals surface area contributed by atoms with Gasteiger partial charge < -0.3 is 20.5 Å². The van der Waals surface area contributed by atoms with E-state index in [0.717, 1.165) is 6.07 Å². The maximum atomic E-state index is 13.5. The minimum Gasteiger partial charge on any atom is -0.478 e. The van der Waals surface area contributed by atoms with Gasteiger partial charge in [0.25, 0.3) is 0 Å². The first-order chi connectivity index (χ1) is 9.88. The SMILES string of the molecule is CCC(COC)NC(=O)Nc1cc(C(=O)O)c(F)cc1F. The molecular formula is C13H16F2N2O4. The van der Waals surface area contributed by atoms with Crippen molar-refractivity contribution in [2.24, 2.45) is 0 Å². The van der Waals surface area contributed by atoms with Crippen molar-refractivity contribution in [3.63, 3.8) is 0 Å². The van der Waals surface area contributed by atoms with Gasteiger partial charge >= 0.3 is 12.0 Å². The van der Waals surface area contributed by atoms with Crippen molar-refractivity contribution < 1.29 is 28.2 Å². The molecular weight excluding hydrogens is 286 g/mol. The zero-order chi connectivity index (χ0) is 16.0. The standard InChI is InChI=1S/C13H16F2N2O4/c1-3-7(6-21-2)16-13(20)17-11-4-8(12(18)19)9(14)5-10(11)15/h4-5,7H,3,6H2,1-2H3,(H,18,19)(H2,16,17,20). The quantitative estimate of drug-likeness (QED) is 0.752. The molecule has 0 radical (unpaired) electrons. The summed E-state index contributed by atoms with van der Waals surface area (Å²) >= 11 is 0. The van der Waals surface area contributed by atoms with E-state index in [0.29, 0.717) is 12.5 Å². The van der Waals surface area contributed by atoms with E-state index >= 15 is 0 Å². The minimum absolute atomic E-state index is 0.274. The molecule has 116 valence electrons. The van der Waals surface area contributed by atoms with Crippen molar-refractivity contribution in [1.82, 2.24) is 5.32 Å². The summed E-state index contributed by atoms with van der Waals surface area (Å²) in [5, 5.41) is 13.4. The van der Waals surface area contributed by atoms with Gasteiger partial charge in [-0.2, -0.15) is 0 Å². The molecule has 6 nitrogen and oxygen atoms in total. The molecule has 0 heterocycles. The second kappa shape index (κ2) is 7.53. The second-order valence-electron chi connectivity index (χ2n) is 4.28.